The highest BCUT2D eigenvalue weighted by Crippen LogP contribution is 2.26. The second kappa shape index (κ2) is 6.47. The molecule has 2 heterocycles. The third-order valence-electron chi connectivity index (χ3n) is 2.78. The molecule has 106 valence electrons. The minimum Gasteiger partial charge on any atom is -0.333 e. The van der Waals surface area contributed by atoms with E-state index in [1.54, 1.807) is 23.1 Å². The van der Waals surface area contributed by atoms with E-state index in [-0.39, 0.29) is 0 Å². The largest absolute Gasteiger partial charge is 0.333 e. The van der Waals surface area contributed by atoms with Crippen LogP contribution in [0.5, 0.6) is 0 Å². The van der Waals surface area contributed by atoms with E-state index < -0.39 is 0 Å². The van der Waals surface area contributed by atoms with Gasteiger partial charge in [-0.15, -0.1) is 23.1 Å². The first-order valence-corrected chi connectivity index (χ1v) is 8.64. The third kappa shape index (κ3) is 3.37. The van der Waals surface area contributed by atoms with Gasteiger partial charge in [0.05, 0.1) is 4.88 Å². The molecule has 6 heteroatoms. The minimum absolute atomic E-state index is 0.328. The highest BCUT2D eigenvalue weighted by Gasteiger charge is 2.12. The van der Waals surface area contributed by atoms with Crippen LogP contribution >= 0.6 is 34.7 Å². The van der Waals surface area contributed by atoms with Crippen molar-refractivity contribution in [3.05, 3.63) is 53.2 Å². The van der Waals surface area contributed by atoms with Gasteiger partial charge in [-0.2, -0.15) is 4.98 Å². The molecule has 3 nitrogen and oxygen atoms in total. The van der Waals surface area contributed by atoms with Crippen molar-refractivity contribution in [1.82, 2.24) is 10.1 Å². The zero-order chi connectivity index (χ0) is 14.7. The smallest absolute Gasteiger partial charge is 0.269 e. The molecule has 1 aromatic carbocycles. The van der Waals surface area contributed by atoms with Gasteiger partial charge in [0.2, 0.25) is 5.82 Å². The summed E-state index contributed by atoms with van der Waals surface area (Å²) in [5, 5.41) is 6.35. The number of benzene rings is 1. The van der Waals surface area contributed by atoms with Crippen LogP contribution in [0.1, 0.15) is 11.5 Å². The van der Waals surface area contributed by atoms with Crippen LogP contribution in [0.4, 0.5) is 0 Å². The molecule has 2 aromatic heterocycles. The van der Waals surface area contributed by atoms with Crippen molar-refractivity contribution in [3.63, 3.8) is 0 Å². The fourth-order valence-electron chi connectivity index (χ4n) is 1.73. The predicted molar refractivity (Wildman–Crippen MR) is 89.6 cm³/mol. The third-order valence-corrected chi connectivity index (χ3v) is 4.66. The number of halogens is 1. The number of hydrogen-bond donors (Lipinski definition) is 0. The van der Waals surface area contributed by atoms with Gasteiger partial charge in [-0.05, 0) is 41.5 Å². The Kier molecular flexibility index (Phi) is 4.43. The van der Waals surface area contributed by atoms with Crippen molar-refractivity contribution in [2.45, 2.75) is 4.90 Å². The second-order valence-corrected chi connectivity index (χ2v) is 6.40. The lowest BCUT2D eigenvalue weighted by Gasteiger charge is -1.97. The van der Waals surface area contributed by atoms with E-state index in [0.29, 0.717) is 16.7 Å². The summed E-state index contributed by atoms with van der Waals surface area (Å²) >= 11 is 9.51. The van der Waals surface area contributed by atoms with Gasteiger partial charge in [0.25, 0.3) is 5.89 Å². The minimum atomic E-state index is 0.328. The highest BCUT2D eigenvalue weighted by atomic mass is 35.5. The molecule has 21 heavy (non-hydrogen) atoms. The SMILES string of the molecule is CSc1ccc(/C=C(\Cl)c2nc(-c3cccs3)no2)cc1. The van der Waals surface area contributed by atoms with Crippen LogP contribution < -0.4 is 0 Å². The molecule has 0 spiro atoms. The molecular formula is C15H11ClN2OS2. The van der Waals surface area contributed by atoms with Crippen molar-refractivity contribution in [2.24, 2.45) is 0 Å². The van der Waals surface area contributed by atoms with Crippen LogP contribution in [0.15, 0.2) is 51.2 Å². The summed E-state index contributed by atoms with van der Waals surface area (Å²) in [7, 11) is 0. The number of rotatable bonds is 4. The van der Waals surface area contributed by atoms with Gasteiger partial charge in [0.15, 0.2) is 0 Å². The number of aromatic nitrogens is 2. The number of thioether (sulfide) groups is 1. The topological polar surface area (TPSA) is 38.9 Å². The summed E-state index contributed by atoms with van der Waals surface area (Å²) < 4.78 is 5.21. The van der Waals surface area contributed by atoms with Crippen LogP contribution in [0.25, 0.3) is 21.8 Å². The Hall–Kier alpha value is -1.56. The van der Waals surface area contributed by atoms with E-state index in [4.69, 9.17) is 16.1 Å². The Morgan fingerprint density at radius 1 is 1.29 bits per heavy atom. The molecule has 0 fully saturated rings. The zero-order valence-corrected chi connectivity index (χ0v) is 13.5. The van der Waals surface area contributed by atoms with Crippen molar-refractivity contribution in [2.75, 3.05) is 6.26 Å². The lowest BCUT2D eigenvalue weighted by Crippen LogP contribution is -1.79. The zero-order valence-electron chi connectivity index (χ0n) is 11.1. The average molecular weight is 335 g/mol. The average Bonchev–Trinajstić information content (AvgIpc) is 3.19. The highest BCUT2D eigenvalue weighted by molar-refractivity contribution is 7.98. The molecule has 0 aliphatic heterocycles. The van der Waals surface area contributed by atoms with Crippen molar-refractivity contribution in [3.8, 4) is 10.7 Å². The summed E-state index contributed by atoms with van der Waals surface area (Å²) in [6.45, 7) is 0. The van der Waals surface area contributed by atoms with Crippen molar-refractivity contribution >= 4 is 45.8 Å². The first-order chi connectivity index (χ1) is 10.3. The molecule has 0 radical (unpaired) electrons. The van der Waals surface area contributed by atoms with Crippen LogP contribution in [0.3, 0.4) is 0 Å². The monoisotopic (exact) mass is 334 g/mol. The van der Waals surface area contributed by atoms with E-state index >= 15 is 0 Å². The Morgan fingerprint density at radius 2 is 2.10 bits per heavy atom. The van der Waals surface area contributed by atoms with Gasteiger partial charge in [-0.3, -0.25) is 0 Å². The second-order valence-electron chi connectivity index (χ2n) is 4.17. The van der Waals surface area contributed by atoms with Gasteiger partial charge in [0.1, 0.15) is 5.03 Å². The summed E-state index contributed by atoms with van der Waals surface area (Å²) in [5.74, 6) is 0.887. The van der Waals surface area contributed by atoms with Crippen molar-refractivity contribution < 1.29 is 4.52 Å². The maximum atomic E-state index is 6.25. The van der Waals surface area contributed by atoms with Crippen LogP contribution in [-0.2, 0) is 0 Å². The molecular weight excluding hydrogens is 324 g/mol. The summed E-state index contributed by atoms with van der Waals surface area (Å²) in [6.07, 6.45) is 3.86. The molecule has 0 aliphatic carbocycles. The molecule has 3 aromatic rings. The molecule has 0 bridgehead atoms. The summed E-state index contributed by atoms with van der Waals surface area (Å²) in [4.78, 5) is 6.48. The van der Waals surface area contributed by atoms with E-state index in [9.17, 15) is 0 Å². The summed E-state index contributed by atoms with van der Waals surface area (Å²) in [6, 6.07) is 12.0. The van der Waals surface area contributed by atoms with E-state index in [1.807, 2.05) is 54.1 Å². The van der Waals surface area contributed by atoms with Gasteiger partial charge in [0, 0.05) is 4.90 Å². The fraction of sp³-hybridized carbons (Fsp3) is 0.0667. The molecule has 3 rings (SSSR count). The Morgan fingerprint density at radius 3 is 2.76 bits per heavy atom. The van der Waals surface area contributed by atoms with Crippen molar-refractivity contribution in [1.29, 1.82) is 0 Å². The van der Waals surface area contributed by atoms with Crippen LogP contribution in [0.2, 0.25) is 0 Å². The standard InChI is InChI=1S/C15H11ClN2OS2/c1-20-11-6-4-10(5-7-11)9-12(16)15-17-14(18-19-15)13-3-2-8-21-13/h2-9H,1H3/b12-9-. The van der Waals surface area contributed by atoms with Gasteiger partial charge >= 0.3 is 0 Å². The predicted octanol–water partition coefficient (Wildman–Crippen LogP) is 5.26. The molecule has 0 N–H and O–H groups in total. The molecule has 0 atom stereocenters. The van der Waals surface area contributed by atoms with Gasteiger partial charge < -0.3 is 4.52 Å². The lowest BCUT2D eigenvalue weighted by molar-refractivity contribution is 0.410. The van der Waals surface area contributed by atoms with Gasteiger partial charge in [-0.25, -0.2) is 0 Å². The molecule has 0 saturated heterocycles. The molecule has 0 saturated carbocycles. The van der Waals surface area contributed by atoms with Crippen LogP contribution in [0, 0.1) is 0 Å². The molecule has 0 amide bonds. The van der Waals surface area contributed by atoms with E-state index in [1.165, 1.54) is 4.90 Å². The number of thiophene rings is 1. The number of nitrogens with zero attached hydrogens (tertiary/aromatic N) is 2. The van der Waals surface area contributed by atoms with E-state index in [2.05, 4.69) is 10.1 Å². The summed E-state index contributed by atoms with van der Waals surface area (Å²) in [5.41, 5.74) is 0.994. The van der Waals surface area contributed by atoms with E-state index in [0.717, 1.165) is 10.4 Å². The quantitative estimate of drug-likeness (QED) is 0.610. The normalized spacial score (nSPS) is 11.8. The first kappa shape index (κ1) is 14.4. The number of hydrogen-bond acceptors (Lipinski definition) is 5. The molecule has 0 unspecified atom stereocenters. The van der Waals surface area contributed by atoms with Crippen LogP contribution in [-0.4, -0.2) is 16.4 Å². The maximum absolute atomic E-state index is 6.25. The van der Waals surface area contributed by atoms with Gasteiger partial charge in [-0.1, -0.05) is 35.0 Å². The Balaban J connectivity index is 1.84. The Bertz CT molecular complexity index is 748. The molecule has 0 aliphatic rings. The lowest BCUT2D eigenvalue weighted by atomic mass is 10.2. The maximum Gasteiger partial charge on any atom is 0.269 e. The Labute approximate surface area is 135 Å². The first-order valence-electron chi connectivity index (χ1n) is 6.15. The fourth-order valence-corrected chi connectivity index (χ4v) is 2.99.